The molecule has 2 atom stereocenters. The van der Waals surface area contributed by atoms with Crippen LogP contribution in [0.15, 0.2) is 18.2 Å². The average Bonchev–Trinajstić information content (AvgIpc) is 2.68. The van der Waals surface area contributed by atoms with E-state index in [1.165, 1.54) is 44.6 Å². The second-order valence-corrected chi connectivity index (χ2v) is 6.74. The zero-order chi connectivity index (χ0) is 15.1. The van der Waals surface area contributed by atoms with Gasteiger partial charge in [0, 0.05) is 5.02 Å². The Morgan fingerprint density at radius 3 is 2.67 bits per heavy atom. The van der Waals surface area contributed by atoms with Crippen molar-refractivity contribution < 1.29 is 4.39 Å². The van der Waals surface area contributed by atoms with Crippen LogP contribution in [0.1, 0.15) is 51.0 Å². The zero-order valence-electron chi connectivity index (χ0n) is 13.0. The van der Waals surface area contributed by atoms with Gasteiger partial charge in [-0.15, -0.1) is 0 Å². The minimum absolute atomic E-state index is 0.146. The van der Waals surface area contributed by atoms with Gasteiger partial charge < -0.3 is 5.32 Å². The molecule has 0 heterocycles. The maximum Gasteiger partial charge on any atom is 0.127 e. The molecule has 1 aliphatic rings. The van der Waals surface area contributed by atoms with Crippen LogP contribution in [0.3, 0.4) is 0 Å². The second kappa shape index (κ2) is 8.75. The van der Waals surface area contributed by atoms with E-state index in [1.807, 2.05) is 6.07 Å². The smallest absolute Gasteiger partial charge is 0.127 e. The number of halogens is 2. The van der Waals surface area contributed by atoms with Crippen molar-refractivity contribution in [3.8, 4) is 0 Å². The molecule has 1 N–H and O–H groups in total. The maximum atomic E-state index is 14.0. The fourth-order valence-electron chi connectivity index (χ4n) is 3.43. The SMILES string of the molecule is CCCNCC1CCCCCC1Cc1ccc(Cl)cc1F. The van der Waals surface area contributed by atoms with Crippen LogP contribution in [0.25, 0.3) is 0 Å². The molecule has 0 saturated heterocycles. The molecule has 2 unspecified atom stereocenters. The zero-order valence-corrected chi connectivity index (χ0v) is 13.8. The highest BCUT2D eigenvalue weighted by Crippen LogP contribution is 2.32. The van der Waals surface area contributed by atoms with Gasteiger partial charge >= 0.3 is 0 Å². The molecule has 0 amide bonds. The third-order valence-electron chi connectivity index (χ3n) is 4.65. The number of rotatable bonds is 6. The van der Waals surface area contributed by atoms with E-state index >= 15 is 0 Å². The molecule has 21 heavy (non-hydrogen) atoms. The van der Waals surface area contributed by atoms with Crippen molar-refractivity contribution in [2.24, 2.45) is 11.8 Å². The summed E-state index contributed by atoms with van der Waals surface area (Å²) in [5.74, 6) is 1.12. The molecule has 1 aliphatic carbocycles. The fourth-order valence-corrected chi connectivity index (χ4v) is 3.59. The molecular weight excluding hydrogens is 285 g/mol. The average molecular weight is 312 g/mol. The maximum absolute atomic E-state index is 14.0. The van der Waals surface area contributed by atoms with Crippen molar-refractivity contribution in [2.45, 2.75) is 51.9 Å². The van der Waals surface area contributed by atoms with Gasteiger partial charge in [-0.25, -0.2) is 4.39 Å². The summed E-state index contributed by atoms with van der Waals surface area (Å²) in [5, 5.41) is 4.04. The second-order valence-electron chi connectivity index (χ2n) is 6.30. The molecule has 118 valence electrons. The van der Waals surface area contributed by atoms with Gasteiger partial charge in [-0.1, -0.05) is 43.9 Å². The molecule has 1 aromatic rings. The van der Waals surface area contributed by atoms with Crippen LogP contribution in [0.5, 0.6) is 0 Å². The Kier molecular flexibility index (Phi) is 6.98. The molecule has 1 aromatic carbocycles. The first-order valence-electron chi connectivity index (χ1n) is 8.35. The summed E-state index contributed by atoms with van der Waals surface area (Å²) in [6.45, 7) is 4.35. The highest BCUT2D eigenvalue weighted by atomic mass is 35.5. The predicted octanol–water partition coefficient (Wildman–Crippen LogP) is 5.22. The lowest BCUT2D eigenvalue weighted by Gasteiger charge is -2.26. The molecule has 0 aliphatic heterocycles. The summed E-state index contributed by atoms with van der Waals surface area (Å²) in [7, 11) is 0. The molecule has 3 heteroatoms. The molecule has 0 spiro atoms. The van der Waals surface area contributed by atoms with E-state index in [1.54, 1.807) is 6.07 Å². The Balaban J connectivity index is 2.01. The minimum Gasteiger partial charge on any atom is -0.316 e. The Morgan fingerprint density at radius 2 is 1.95 bits per heavy atom. The number of benzene rings is 1. The molecule has 2 rings (SSSR count). The number of hydrogen-bond acceptors (Lipinski definition) is 1. The first kappa shape index (κ1) is 16.8. The highest BCUT2D eigenvalue weighted by Gasteiger charge is 2.24. The van der Waals surface area contributed by atoms with Crippen LogP contribution >= 0.6 is 11.6 Å². The Bertz CT molecular complexity index is 435. The lowest BCUT2D eigenvalue weighted by atomic mass is 9.83. The van der Waals surface area contributed by atoms with E-state index in [0.717, 1.165) is 25.1 Å². The topological polar surface area (TPSA) is 12.0 Å². The van der Waals surface area contributed by atoms with Gasteiger partial charge in [0.05, 0.1) is 0 Å². The summed E-state index contributed by atoms with van der Waals surface area (Å²) in [5.41, 5.74) is 0.826. The normalized spacial score (nSPS) is 23.0. The molecule has 0 radical (unpaired) electrons. The Labute approximate surface area is 133 Å². The molecule has 1 fully saturated rings. The van der Waals surface area contributed by atoms with Crippen LogP contribution in [-0.4, -0.2) is 13.1 Å². The van der Waals surface area contributed by atoms with E-state index in [0.29, 0.717) is 16.9 Å². The van der Waals surface area contributed by atoms with E-state index in [2.05, 4.69) is 12.2 Å². The van der Waals surface area contributed by atoms with Gasteiger partial charge in [0.2, 0.25) is 0 Å². The van der Waals surface area contributed by atoms with E-state index in [9.17, 15) is 4.39 Å². The fraction of sp³-hybridized carbons (Fsp3) is 0.667. The minimum atomic E-state index is -0.146. The van der Waals surface area contributed by atoms with Crippen molar-refractivity contribution in [3.05, 3.63) is 34.6 Å². The van der Waals surface area contributed by atoms with Crippen LogP contribution in [0, 0.1) is 17.7 Å². The van der Waals surface area contributed by atoms with Gasteiger partial charge in [0.1, 0.15) is 5.82 Å². The molecule has 1 saturated carbocycles. The summed E-state index contributed by atoms with van der Waals surface area (Å²) in [6, 6.07) is 5.11. The van der Waals surface area contributed by atoms with E-state index in [-0.39, 0.29) is 5.82 Å². The monoisotopic (exact) mass is 311 g/mol. The van der Waals surface area contributed by atoms with E-state index in [4.69, 9.17) is 11.6 Å². The van der Waals surface area contributed by atoms with Gasteiger partial charge in [0.15, 0.2) is 0 Å². The summed E-state index contributed by atoms with van der Waals surface area (Å²) in [4.78, 5) is 0. The third-order valence-corrected chi connectivity index (χ3v) is 4.88. The Hall–Kier alpha value is -0.600. The molecule has 0 aromatic heterocycles. The summed E-state index contributed by atoms with van der Waals surface area (Å²) >= 11 is 5.85. The Morgan fingerprint density at radius 1 is 1.19 bits per heavy atom. The number of nitrogens with one attached hydrogen (secondary N) is 1. The van der Waals surface area contributed by atoms with Crippen molar-refractivity contribution in [3.63, 3.8) is 0 Å². The highest BCUT2D eigenvalue weighted by molar-refractivity contribution is 6.30. The van der Waals surface area contributed by atoms with Gasteiger partial charge in [-0.2, -0.15) is 0 Å². The lowest BCUT2D eigenvalue weighted by molar-refractivity contribution is 0.295. The van der Waals surface area contributed by atoms with Crippen molar-refractivity contribution in [1.82, 2.24) is 5.32 Å². The summed E-state index contributed by atoms with van der Waals surface area (Å²) < 4.78 is 14.0. The van der Waals surface area contributed by atoms with E-state index < -0.39 is 0 Å². The van der Waals surface area contributed by atoms with Gasteiger partial charge in [-0.3, -0.25) is 0 Å². The lowest BCUT2D eigenvalue weighted by Crippen LogP contribution is -2.29. The predicted molar refractivity (Wildman–Crippen MR) is 88.3 cm³/mol. The number of hydrogen-bond donors (Lipinski definition) is 1. The van der Waals surface area contributed by atoms with Gasteiger partial charge in [-0.05, 0) is 68.3 Å². The van der Waals surface area contributed by atoms with Crippen molar-refractivity contribution in [1.29, 1.82) is 0 Å². The van der Waals surface area contributed by atoms with Crippen LogP contribution in [0.4, 0.5) is 4.39 Å². The van der Waals surface area contributed by atoms with Crippen LogP contribution < -0.4 is 5.32 Å². The largest absolute Gasteiger partial charge is 0.316 e. The summed E-state index contributed by atoms with van der Waals surface area (Å²) in [6.07, 6.45) is 8.44. The third kappa shape index (κ3) is 5.27. The van der Waals surface area contributed by atoms with Crippen LogP contribution in [-0.2, 0) is 6.42 Å². The molecule has 1 nitrogen and oxygen atoms in total. The molecular formula is C18H27ClFN. The van der Waals surface area contributed by atoms with Gasteiger partial charge in [0.25, 0.3) is 0 Å². The quantitative estimate of drug-likeness (QED) is 0.561. The van der Waals surface area contributed by atoms with Crippen molar-refractivity contribution in [2.75, 3.05) is 13.1 Å². The van der Waals surface area contributed by atoms with Crippen molar-refractivity contribution >= 4 is 11.6 Å². The van der Waals surface area contributed by atoms with Crippen LogP contribution in [0.2, 0.25) is 5.02 Å². The first-order chi connectivity index (χ1) is 10.2. The first-order valence-corrected chi connectivity index (χ1v) is 8.73. The molecule has 0 bridgehead atoms. The standard InChI is InChI=1S/C18H27ClFN/c1-2-10-21-13-16-7-5-3-4-6-14(16)11-15-8-9-17(19)12-18(15)20/h8-9,12,14,16,21H,2-7,10-11,13H2,1H3.